The molecule has 2 N–H and O–H groups in total. The van der Waals surface area contributed by atoms with Gasteiger partial charge in [-0.1, -0.05) is 25.1 Å². The fourth-order valence-electron chi connectivity index (χ4n) is 2.70. The lowest BCUT2D eigenvalue weighted by atomic mass is 10.2. The fraction of sp³-hybridized carbons (Fsp3) is 0.409. The molecule has 29 heavy (non-hydrogen) atoms. The summed E-state index contributed by atoms with van der Waals surface area (Å²) in [7, 11) is 6.76. The SMILES string of the molecule is CN=C(NCc1ccc(OC)c(OC)c1)NCC(C)CSc1ccccc1OC. The number of nitrogens with zero attached hydrogens (tertiary/aromatic N) is 1. The molecule has 1 atom stereocenters. The second kappa shape index (κ2) is 12.1. The summed E-state index contributed by atoms with van der Waals surface area (Å²) in [6.07, 6.45) is 0. The van der Waals surface area contributed by atoms with Gasteiger partial charge in [0.2, 0.25) is 0 Å². The van der Waals surface area contributed by atoms with E-state index in [1.54, 1.807) is 40.1 Å². The van der Waals surface area contributed by atoms with E-state index in [0.29, 0.717) is 12.5 Å². The molecule has 1 unspecified atom stereocenters. The van der Waals surface area contributed by atoms with Crippen LogP contribution in [0, 0.1) is 5.92 Å². The number of ether oxygens (including phenoxy) is 3. The summed E-state index contributed by atoms with van der Waals surface area (Å²) < 4.78 is 16.1. The molecule has 0 saturated heterocycles. The van der Waals surface area contributed by atoms with Crippen LogP contribution in [0.4, 0.5) is 0 Å². The molecule has 0 aliphatic heterocycles. The first-order valence-corrected chi connectivity index (χ1v) is 10.5. The van der Waals surface area contributed by atoms with E-state index in [-0.39, 0.29) is 0 Å². The van der Waals surface area contributed by atoms with E-state index in [1.807, 2.05) is 36.4 Å². The van der Waals surface area contributed by atoms with Gasteiger partial charge < -0.3 is 24.8 Å². The predicted octanol–water partition coefficient (Wildman–Crippen LogP) is 3.81. The summed E-state index contributed by atoms with van der Waals surface area (Å²) >= 11 is 1.81. The van der Waals surface area contributed by atoms with Crippen molar-refractivity contribution in [2.75, 3.05) is 40.7 Å². The molecule has 0 spiro atoms. The summed E-state index contributed by atoms with van der Waals surface area (Å²) in [6.45, 7) is 3.69. The van der Waals surface area contributed by atoms with Gasteiger partial charge in [-0.05, 0) is 35.7 Å². The van der Waals surface area contributed by atoms with E-state index in [0.717, 1.165) is 46.0 Å². The average molecular weight is 418 g/mol. The van der Waals surface area contributed by atoms with Gasteiger partial charge in [-0.25, -0.2) is 0 Å². The van der Waals surface area contributed by atoms with Gasteiger partial charge in [-0.2, -0.15) is 0 Å². The molecule has 0 saturated carbocycles. The maximum atomic E-state index is 5.42. The molecule has 6 nitrogen and oxygen atoms in total. The Morgan fingerprint density at radius 3 is 2.38 bits per heavy atom. The minimum atomic E-state index is 0.463. The third-order valence-corrected chi connectivity index (χ3v) is 5.73. The van der Waals surface area contributed by atoms with Gasteiger partial charge in [0.1, 0.15) is 5.75 Å². The second-order valence-corrected chi connectivity index (χ2v) is 7.62. The Morgan fingerprint density at radius 2 is 1.69 bits per heavy atom. The van der Waals surface area contributed by atoms with Crippen molar-refractivity contribution in [1.29, 1.82) is 0 Å². The van der Waals surface area contributed by atoms with E-state index >= 15 is 0 Å². The van der Waals surface area contributed by atoms with Crippen LogP contribution in [0.15, 0.2) is 52.4 Å². The molecule has 0 bridgehead atoms. The Kier molecular flexibility index (Phi) is 9.50. The number of hydrogen-bond donors (Lipinski definition) is 2. The maximum absolute atomic E-state index is 5.42. The largest absolute Gasteiger partial charge is 0.496 e. The Bertz CT molecular complexity index is 799. The van der Waals surface area contributed by atoms with Crippen LogP contribution >= 0.6 is 11.8 Å². The minimum absolute atomic E-state index is 0.463. The quantitative estimate of drug-likeness (QED) is 0.348. The van der Waals surface area contributed by atoms with Gasteiger partial charge in [0.25, 0.3) is 0 Å². The topological polar surface area (TPSA) is 64.1 Å². The number of para-hydroxylation sites is 1. The molecule has 2 aromatic rings. The molecule has 2 rings (SSSR count). The van der Waals surface area contributed by atoms with Crippen LogP contribution in [-0.4, -0.2) is 46.6 Å². The van der Waals surface area contributed by atoms with Crippen LogP contribution in [0.3, 0.4) is 0 Å². The summed E-state index contributed by atoms with van der Waals surface area (Å²) in [5.74, 6) is 4.58. The van der Waals surface area contributed by atoms with Crippen LogP contribution < -0.4 is 24.8 Å². The molecule has 0 heterocycles. The van der Waals surface area contributed by atoms with Crippen molar-refractivity contribution in [1.82, 2.24) is 10.6 Å². The van der Waals surface area contributed by atoms with Crippen molar-refractivity contribution in [3.63, 3.8) is 0 Å². The molecule has 158 valence electrons. The zero-order valence-electron chi connectivity index (χ0n) is 17.8. The molecular formula is C22H31N3O3S. The molecule has 0 aliphatic rings. The summed E-state index contributed by atoms with van der Waals surface area (Å²) in [5, 5.41) is 6.73. The van der Waals surface area contributed by atoms with Crippen LogP contribution in [0.25, 0.3) is 0 Å². The lowest BCUT2D eigenvalue weighted by Gasteiger charge is -2.17. The minimum Gasteiger partial charge on any atom is -0.496 e. The Morgan fingerprint density at radius 1 is 0.966 bits per heavy atom. The highest BCUT2D eigenvalue weighted by molar-refractivity contribution is 7.99. The van der Waals surface area contributed by atoms with Crippen LogP contribution in [0.1, 0.15) is 12.5 Å². The van der Waals surface area contributed by atoms with Gasteiger partial charge in [0.15, 0.2) is 17.5 Å². The van der Waals surface area contributed by atoms with Crippen molar-refractivity contribution in [3.8, 4) is 17.2 Å². The summed E-state index contributed by atoms with van der Waals surface area (Å²) in [6, 6.07) is 14.0. The predicted molar refractivity (Wildman–Crippen MR) is 121 cm³/mol. The number of thioether (sulfide) groups is 1. The van der Waals surface area contributed by atoms with E-state index in [9.17, 15) is 0 Å². The van der Waals surface area contributed by atoms with Gasteiger partial charge in [0, 0.05) is 30.8 Å². The normalized spacial score (nSPS) is 12.2. The highest BCUT2D eigenvalue weighted by Gasteiger charge is 2.09. The van der Waals surface area contributed by atoms with E-state index in [2.05, 4.69) is 28.6 Å². The number of aliphatic imine (C=N–C) groups is 1. The number of methoxy groups -OCH3 is 3. The van der Waals surface area contributed by atoms with Crippen LogP contribution in [0.5, 0.6) is 17.2 Å². The van der Waals surface area contributed by atoms with Gasteiger partial charge in [-0.15, -0.1) is 11.8 Å². The number of nitrogens with one attached hydrogen (secondary N) is 2. The maximum Gasteiger partial charge on any atom is 0.191 e. The Labute approximate surface area is 178 Å². The second-order valence-electron chi connectivity index (χ2n) is 6.56. The summed E-state index contributed by atoms with van der Waals surface area (Å²) in [4.78, 5) is 5.47. The average Bonchev–Trinajstić information content (AvgIpc) is 2.77. The number of benzene rings is 2. The van der Waals surface area contributed by atoms with Gasteiger partial charge in [0.05, 0.1) is 21.3 Å². The first kappa shape index (κ1) is 22.7. The van der Waals surface area contributed by atoms with Gasteiger partial charge >= 0.3 is 0 Å². The molecule has 0 aliphatic carbocycles. The molecule has 0 amide bonds. The monoisotopic (exact) mass is 417 g/mol. The lowest BCUT2D eigenvalue weighted by molar-refractivity contribution is 0.354. The van der Waals surface area contributed by atoms with Crippen molar-refractivity contribution < 1.29 is 14.2 Å². The van der Waals surface area contributed by atoms with E-state index in [1.165, 1.54) is 0 Å². The molecular weight excluding hydrogens is 386 g/mol. The molecule has 0 aromatic heterocycles. The van der Waals surface area contributed by atoms with Crippen molar-refractivity contribution in [2.45, 2.75) is 18.4 Å². The third-order valence-electron chi connectivity index (χ3n) is 4.34. The lowest BCUT2D eigenvalue weighted by Crippen LogP contribution is -2.39. The highest BCUT2D eigenvalue weighted by atomic mass is 32.2. The van der Waals surface area contributed by atoms with Crippen molar-refractivity contribution in [3.05, 3.63) is 48.0 Å². The van der Waals surface area contributed by atoms with Crippen LogP contribution in [-0.2, 0) is 6.54 Å². The highest BCUT2D eigenvalue weighted by Crippen LogP contribution is 2.30. The number of rotatable bonds is 10. The fourth-order valence-corrected chi connectivity index (χ4v) is 3.75. The van der Waals surface area contributed by atoms with E-state index < -0.39 is 0 Å². The first-order valence-electron chi connectivity index (χ1n) is 9.52. The third kappa shape index (κ3) is 7.09. The first-order chi connectivity index (χ1) is 14.1. The molecule has 7 heteroatoms. The van der Waals surface area contributed by atoms with E-state index in [4.69, 9.17) is 14.2 Å². The van der Waals surface area contributed by atoms with Crippen LogP contribution in [0.2, 0.25) is 0 Å². The molecule has 0 fully saturated rings. The number of hydrogen-bond acceptors (Lipinski definition) is 5. The van der Waals surface area contributed by atoms with Gasteiger partial charge in [-0.3, -0.25) is 4.99 Å². The smallest absolute Gasteiger partial charge is 0.191 e. The molecule has 2 aromatic carbocycles. The zero-order chi connectivity index (χ0) is 21.1. The number of guanidine groups is 1. The van der Waals surface area contributed by atoms with Crippen molar-refractivity contribution >= 4 is 17.7 Å². The Hall–Kier alpha value is -2.54. The molecule has 0 radical (unpaired) electrons. The Balaban J connectivity index is 1.79. The summed E-state index contributed by atoms with van der Waals surface area (Å²) in [5.41, 5.74) is 1.09. The zero-order valence-corrected chi connectivity index (χ0v) is 18.6. The van der Waals surface area contributed by atoms with Crippen molar-refractivity contribution in [2.24, 2.45) is 10.9 Å². The standard InChI is InChI=1S/C22H31N3O3S/c1-16(15-29-21-9-7-6-8-19(21)27-4)13-24-22(23-2)25-14-17-10-11-18(26-3)20(12-17)28-5/h6-12,16H,13-15H2,1-5H3,(H2,23,24,25).